The molecule has 5 nitrogen and oxygen atoms in total. The molecule has 1 aliphatic rings. The zero-order valence-electron chi connectivity index (χ0n) is 10.7. The van der Waals surface area contributed by atoms with Crippen LogP contribution in [0.4, 0.5) is 0 Å². The molecule has 1 N–H and O–H groups in total. The van der Waals surface area contributed by atoms with Gasteiger partial charge in [-0.3, -0.25) is 0 Å². The predicted octanol–water partition coefficient (Wildman–Crippen LogP) is 1.80. The smallest absolute Gasteiger partial charge is 0.455 e. The van der Waals surface area contributed by atoms with Crippen LogP contribution in [0.1, 0.15) is 11.3 Å². The fourth-order valence-corrected chi connectivity index (χ4v) is 2.38. The van der Waals surface area contributed by atoms with Gasteiger partial charge in [0.05, 0.1) is 11.6 Å². The number of rotatable bonds is 3. The highest BCUT2D eigenvalue weighted by Crippen LogP contribution is 2.30. The van der Waals surface area contributed by atoms with E-state index in [0.717, 1.165) is 5.56 Å². The average molecular weight is 291 g/mol. The van der Waals surface area contributed by atoms with Crippen molar-refractivity contribution in [2.24, 2.45) is 5.16 Å². The van der Waals surface area contributed by atoms with Gasteiger partial charge in [0.25, 0.3) is 0 Å². The topological polar surface area (TPSA) is 64.2 Å². The highest BCUT2D eigenvalue weighted by atomic mass is 35.5. The lowest BCUT2D eigenvalue weighted by molar-refractivity contribution is 0.215. The molecule has 0 amide bonds. The van der Waals surface area contributed by atoms with E-state index in [9.17, 15) is 5.02 Å². The summed E-state index contributed by atoms with van der Waals surface area (Å²) >= 11 is 6.25. The molecule has 7 heteroatoms. The molecule has 0 atom stereocenters. The first-order valence-corrected chi connectivity index (χ1v) is 6.35. The number of hydrogen-bond acceptors (Lipinski definition) is 5. The minimum atomic E-state index is -0.912. The van der Waals surface area contributed by atoms with Gasteiger partial charge < -0.3 is 18.9 Å². The molecule has 0 aliphatic carbocycles. The van der Waals surface area contributed by atoms with E-state index >= 15 is 0 Å². The molecule has 0 bridgehead atoms. The maximum Gasteiger partial charge on any atom is 0.491 e. The van der Waals surface area contributed by atoms with Crippen molar-refractivity contribution in [1.29, 1.82) is 0 Å². The fourth-order valence-electron chi connectivity index (χ4n) is 2.11. The van der Waals surface area contributed by atoms with Crippen LogP contribution in [0.5, 0.6) is 0 Å². The highest BCUT2D eigenvalue weighted by Gasteiger charge is 2.29. The second-order valence-electron chi connectivity index (χ2n) is 4.31. The van der Waals surface area contributed by atoms with E-state index in [1.807, 2.05) is 0 Å². The van der Waals surface area contributed by atoms with Crippen molar-refractivity contribution >= 4 is 30.4 Å². The first-order chi connectivity index (χ1) is 9.69. The van der Waals surface area contributed by atoms with Crippen LogP contribution in [0, 0.1) is 0 Å². The van der Waals surface area contributed by atoms with Crippen LogP contribution in [0.2, 0.25) is 5.02 Å². The Morgan fingerprint density at radius 1 is 1.45 bits per heavy atom. The van der Waals surface area contributed by atoms with Gasteiger partial charge in [-0.25, -0.2) is 0 Å². The third-order valence-electron chi connectivity index (χ3n) is 3.07. The van der Waals surface area contributed by atoms with Crippen LogP contribution in [0.15, 0.2) is 33.8 Å². The van der Waals surface area contributed by atoms with Crippen molar-refractivity contribution in [1.82, 2.24) is 0 Å². The van der Waals surface area contributed by atoms with Crippen LogP contribution >= 0.6 is 11.6 Å². The zero-order chi connectivity index (χ0) is 14.1. The van der Waals surface area contributed by atoms with E-state index in [1.165, 1.54) is 13.3 Å². The number of halogens is 1. The van der Waals surface area contributed by atoms with Crippen molar-refractivity contribution < 1.29 is 18.9 Å². The van der Waals surface area contributed by atoms with Crippen molar-refractivity contribution in [3.05, 3.63) is 40.6 Å². The number of hydrogen-bond donors (Lipinski definition) is 1. The summed E-state index contributed by atoms with van der Waals surface area (Å²) in [4.78, 5) is 4.59. The molecule has 0 unspecified atom stereocenters. The Balaban J connectivity index is 2.00. The van der Waals surface area contributed by atoms with Crippen LogP contribution in [0.3, 0.4) is 0 Å². The molecule has 102 valence electrons. The standard InChI is InChI=1S/C13H11BClNO4/c1-18-16-6-9-2-3-13(20-9)10-5-11-8(4-12(10)15)7-19-14(11)17/h2-6,17H,7H2,1H3. The van der Waals surface area contributed by atoms with E-state index < -0.39 is 7.12 Å². The number of fused-ring (bicyclic) bond motifs is 1. The fraction of sp³-hybridized carbons (Fsp3) is 0.154. The normalized spacial score (nSPS) is 14.1. The third-order valence-corrected chi connectivity index (χ3v) is 3.38. The molecule has 1 aromatic carbocycles. The highest BCUT2D eigenvalue weighted by molar-refractivity contribution is 6.61. The molecular weight excluding hydrogens is 280 g/mol. The molecule has 1 aromatic heterocycles. The molecular formula is C13H11BClNO4. The molecule has 2 heterocycles. The molecule has 0 saturated carbocycles. The van der Waals surface area contributed by atoms with Crippen molar-refractivity contribution in [3.63, 3.8) is 0 Å². The molecule has 20 heavy (non-hydrogen) atoms. The van der Waals surface area contributed by atoms with Crippen molar-refractivity contribution in [2.45, 2.75) is 6.61 Å². The summed E-state index contributed by atoms with van der Waals surface area (Å²) in [5.41, 5.74) is 2.30. The SMILES string of the molecule is CON=Cc1ccc(-c2cc3c(cc2Cl)COB3O)o1. The van der Waals surface area contributed by atoms with Gasteiger partial charge in [0.2, 0.25) is 0 Å². The monoisotopic (exact) mass is 291 g/mol. The summed E-state index contributed by atoms with van der Waals surface area (Å²) in [5, 5.41) is 13.9. The maximum absolute atomic E-state index is 9.73. The molecule has 0 saturated heterocycles. The van der Waals surface area contributed by atoms with Gasteiger partial charge in [0.15, 0.2) is 0 Å². The maximum atomic E-state index is 9.73. The number of benzene rings is 1. The Morgan fingerprint density at radius 3 is 3.10 bits per heavy atom. The van der Waals surface area contributed by atoms with Crippen molar-refractivity contribution in [2.75, 3.05) is 7.11 Å². The lowest BCUT2D eigenvalue weighted by Gasteiger charge is -2.05. The lowest BCUT2D eigenvalue weighted by Crippen LogP contribution is -2.28. The summed E-state index contributed by atoms with van der Waals surface area (Å²) < 4.78 is 10.8. The second-order valence-corrected chi connectivity index (χ2v) is 4.72. The number of furan rings is 1. The number of oxime groups is 1. The van der Waals surface area contributed by atoms with Gasteiger partial charge in [0, 0.05) is 5.56 Å². The molecule has 3 rings (SSSR count). The summed E-state index contributed by atoms with van der Waals surface area (Å²) in [6.07, 6.45) is 1.46. The minimum Gasteiger partial charge on any atom is -0.455 e. The van der Waals surface area contributed by atoms with Crippen LogP contribution in [0.25, 0.3) is 11.3 Å². The number of nitrogens with zero attached hydrogens (tertiary/aromatic N) is 1. The van der Waals surface area contributed by atoms with Gasteiger partial charge in [-0.1, -0.05) is 16.8 Å². The largest absolute Gasteiger partial charge is 0.491 e. The summed E-state index contributed by atoms with van der Waals surface area (Å²) in [6, 6.07) is 7.11. The first kappa shape index (κ1) is 13.2. The lowest BCUT2D eigenvalue weighted by atomic mass is 9.78. The average Bonchev–Trinajstić information content (AvgIpc) is 3.03. The van der Waals surface area contributed by atoms with Gasteiger partial charge in [0.1, 0.15) is 24.8 Å². The van der Waals surface area contributed by atoms with E-state index in [-0.39, 0.29) is 0 Å². The van der Waals surface area contributed by atoms with Crippen molar-refractivity contribution in [3.8, 4) is 11.3 Å². The van der Waals surface area contributed by atoms with Gasteiger partial charge in [-0.05, 0) is 35.3 Å². The quantitative estimate of drug-likeness (QED) is 0.532. The molecule has 0 radical (unpaired) electrons. The molecule has 0 spiro atoms. The molecule has 1 aliphatic heterocycles. The van der Waals surface area contributed by atoms with E-state index in [0.29, 0.717) is 34.2 Å². The van der Waals surface area contributed by atoms with E-state index in [1.54, 1.807) is 24.3 Å². The Labute approximate surface area is 120 Å². The minimum absolute atomic E-state index is 0.362. The van der Waals surface area contributed by atoms with Gasteiger partial charge in [-0.2, -0.15) is 0 Å². The molecule has 0 fully saturated rings. The Bertz CT molecular complexity index is 670. The zero-order valence-corrected chi connectivity index (χ0v) is 11.4. The Morgan fingerprint density at radius 2 is 2.30 bits per heavy atom. The van der Waals surface area contributed by atoms with Gasteiger partial charge in [-0.15, -0.1) is 0 Å². The van der Waals surface area contributed by atoms with Crippen LogP contribution in [-0.2, 0) is 16.1 Å². The van der Waals surface area contributed by atoms with E-state index in [4.69, 9.17) is 20.7 Å². The predicted molar refractivity (Wildman–Crippen MR) is 76.2 cm³/mol. The summed E-state index contributed by atoms with van der Waals surface area (Å²) in [5.74, 6) is 1.14. The van der Waals surface area contributed by atoms with E-state index in [2.05, 4.69) is 9.99 Å². The van der Waals surface area contributed by atoms with Crippen LogP contribution in [-0.4, -0.2) is 25.5 Å². The molecule has 2 aromatic rings. The first-order valence-electron chi connectivity index (χ1n) is 5.98. The second kappa shape index (κ2) is 5.32. The van der Waals surface area contributed by atoms with Crippen LogP contribution < -0.4 is 5.46 Å². The Hall–Kier alpha value is -1.76. The summed E-state index contributed by atoms with van der Waals surface area (Å²) in [6.45, 7) is 0.362. The summed E-state index contributed by atoms with van der Waals surface area (Å²) in [7, 11) is 0.546. The third kappa shape index (κ3) is 2.33. The Kier molecular flexibility index (Phi) is 3.52. The van der Waals surface area contributed by atoms with Gasteiger partial charge >= 0.3 is 7.12 Å².